The smallest absolute Gasteiger partial charge is 0.124 e. The lowest BCUT2D eigenvalue weighted by molar-refractivity contribution is 0.237. The molecule has 0 amide bonds. The number of nitrogens with two attached hydrogens (primary N) is 1. The number of hydrazine groups is 1. The summed E-state index contributed by atoms with van der Waals surface area (Å²) in [7, 11) is 0. The molecule has 112 valence electrons. The van der Waals surface area contributed by atoms with E-state index in [1.54, 1.807) is 0 Å². The van der Waals surface area contributed by atoms with Crippen molar-refractivity contribution in [1.29, 1.82) is 0 Å². The molecule has 0 saturated heterocycles. The molecule has 0 heterocycles. The van der Waals surface area contributed by atoms with Gasteiger partial charge in [-0.1, -0.05) is 41.9 Å². The van der Waals surface area contributed by atoms with Crippen molar-refractivity contribution in [3.8, 4) is 5.75 Å². The molecule has 0 aliphatic heterocycles. The zero-order valence-corrected chi connectivity index (χ0v) is 13.1. The number of halogens is 1. The Balaban J connectivity index is 2.25. The van der Waals surface area contributed by atoms with Gasteiger partial charge in [-0.3, -0.25) is 11.3 Å². The Morgan fingerprint density at radius 2 is 1.90 bits per heavy atom. The van der Waals surface area contributed by atoms with Crippen molar-refractivity contribution in [3.63, 3.8) is 0 Å². The van der Waals surface area contributed by atoms with Gasteiger partial charge in [0.2, 0.25) is 0 Å². The van der Waals surface area contributed by atoms with Gasteiger partial charge in [0.25, 0.3) is 0 Å². The first-order valence-electron chi connectivity index (χ1n) is 7.06. The molecule has 3 nitrogen and oxygen atoms in total. The molecule has 0 bridgehead atoms. The Morgan fingerprint density at radius 3 is 2.57 bits per heavy atom. The second-order valence-electron chi connectivity index (χ2n) is 5.26. The van der Waals surface area contributed by atoms with Gasteiger partial charge in [0, 0.05) is 10.6 Å². The number of nitrogens with one attached hydrogen (secondary N) is 1. The van der Waals surface area contributed by atoms with Crippen molar-refractivity contribution in [2.45, 2.75) is 32.4 Å². The molecule has 1 unspecified atom stereocenters. The molecule has 2 aromatic carbocycles. The molecule has 0 spiro atoms. The van der Waals surface area contributed by atoms with Crippen molar-refractivity contribution in [2.24, 2.45) is 5.84 Å². The summed E-state index contributed by atoms with van der Waals surface area (Å²) in [6.45, 7) is 4.03. The van der Waals surface area contributed by atoms with Gasteiger partial charge in [0.1, 0.15) is 5.75 Å². The van der Waals surface area contributed by atoms with Crippen LogP contribution in [0.25, 0.3) is 0 Å². The predicted octanol–water partition coefficient (Wildman–Crippen LogP) is 3.87. The van der Waals surface area contributed by atoms with Crippen LogP contribution in [0.4, 0.5) is 0 Å². The topological polar surface area (TPSA) is 47.3 Å². The van der Waals surface area contributed by atoms with Crippen molar-refractivity contribution in [3.05, 3.63) is 64.7 Å². The monoisotopic (exact) mass is 304 g/mol. The van der Waals surface area contributed by atoms with Gasteiger partial charge in [-0.05, 0) is 44.0 Å². The van der Waals surface area contributed by atoms with Crippen molar-refractivity contribution >= 4 is 11.6 Å². The summed E-state index contributed by atoms with van der Waals surface area (Å²) >= 11 is 6.04. The maximum absolute atomic E-state index is 6.04. The number of hydrogen-bond donors (Lipinski definition) is 2. The van der Waals surface area contributed by atoms with Crippen LogP contribution in [0.1, 0.15) is 31.0 Å². The van der Waals surface area contributed by atoms with E-state index in [2.05, 4.69) is 5.43 Å². The Bertz CT molecular complexity index is 587. The minimum Gasteiger partial charge on any atom is -0.491 e. The third-order valence-corrected chi connectivity index (χ3v) is 3.42. The van der Waals surface area contributed by atoms with E-state index in [-0.39, 0.29) is 12.1 Å². The second-order valence-corrected chi connectivity index (χ2v) is 5.69. The minimum atomic E-state index is -0.0292. The van der Waals surface area contributed by atoms with Crippen LogP contribution in [0.15, 0.2) is 48.5 Å². The SMILES string of the molecule is CC(C)Oc1ccccc1C(Cc1cccc(Cl)c1)NN. The molecule has 1 atom stereocenters. The summed E-state index contributed by atoms with van der Waals surface area (Å²) in [4.78, 5) is 0. The van der Waals surface area contributed by atoms with E-state index >= 15 is 0 Å². The molecule has 0 radical (unpaired) electrons. The van der Waals surface area contributed by atoms with E-state index in [4.69, 9.17) is 22.2 Å². The molecule has 0 saturated carbocycles. The van der Waals surface area contributed by atoms with E-state index < -0.39 is 0 Å². The highest BCUT2D eigenvalue weighted by Crippen LogP contribution is 2.28. The zero-order valence-electron chi connectivity index (χ0n) is 12.3. The van der Waals surface area contributed by atoms with E-state index in [1.165, 1.54) is 0 Å². The first kappa shape index (κ1) is 15.8. The normalized spacial score (nSPS) is 12.4. The molecule has 0 fully saturated rings. The Labute approximate surface area is 131 Å². The molecular weight excluding hydrogens is 284 g/mol. The maximum atomic E-state index is 6.04. The van der Waals surface area contributed by atoms with Crippen LogP contribution in [0.2, 0.25) is 5.02 Å². The second kappa shape index (κ2) is 7.46. The number of hydrogen-bond acceptors (Lipinski definition) is 3. The Kier molecular flexibility index (Phi) is 5.62. The Morgan fingerprint density at radius 1 is 1.14 bits per heavy atom. The van der Waals surface area contributed by atoms with Gasteiger partial charge in [-0.25, -0.2) is 0 Å². The highest BCUT2D eigenvalue weighted by atomic mass is 35.5. The van der Waals surface area contributed by atoms with Crippen LogP contribution >= 0.6 is 11.6 Å². The van der Waals surface area contributed by atoms with Gasteiger partial charge >= 0.3 is 0 Å². The molecule has 4 heteroatoms. The zero-order chi connectivity index (χ0) is 15.2. The van der Waals surface area contributed by atoms with Gasteiger partial charge in [0.15, 0.2) is 0 Å². The molecule has 21 heavy (non-hydrogen) atoms. The first-order chi connectivity index (χ1) is 10.1. The minimum absolute atomic E-state index is 0.0292. The molecule has 0 aromatic heterocycles. The molecule has 2 aromatic rings. The highest BCUT2D eigenvalue weighted by molar-refractivity contribution is 6.30. The van der Waals surface area contributed by atoms with Gasteiger partial charge < -0.3 is 4.74 Å². The van der Waals surface area contributed by atoms with E-state index in [0.717, 1.165) is 28.3 Å². The standard InChI is InChI=1S/C17H21ClN2O/c1-12(2)21-17-9-4-3-8-15(17)16(20-19)11-13-6-5-7-14(18)10-13/h3-10,12,16,20H,11,19H2,1-2H3. The van der Waals surface area contributed by atoms with Crippen molar-refractivity contribution in [1.82, 2.24) is 5.43 Å². The van der Waals surface area contributed by atoms with E-state index in [0.29, 0.717) is 0 Å². The predicted molar refractivity (Wildman–Crippen MR) is 87.4 cm³/mol. The number of rotatable bonds is 6. The van der Waals surface area contributed by atoms with E-state index in [1.807, 2.05) is 62.4 Å². The molecule has 2 rings (SSSR count). The summed E-state index contributed by atoms with van der Waals surface area (Å²) in [5.74, 6) is 6.61. The summed E-state index contributed by atoms with van der Waals surface area (Å²) < 4.78 is 5.87. The number of para-hydroxylation sites is 1. The molecule has 0 aliphatic carbocycles. The number of ether oxygens (including phenoxy) is 1. The van der Waals surface area contributed by atoms with Gasteiger partial charge in [-0.15, -0.1) is 0 Å². The van der Waals surface area contributed by atoms with Crippen molar-refractivity contribution in [2.75, 3.05) is 0 Å². The third-order valence-electron chi connectivity index (χ3n) is 3.19. The van der Waals surface area contributed by atoms with Crippen molar-refractivity contribution < 1.29 is 4.74 Å². The summed E-state index contributed by atoms with van der Waals surface area (Å²) in [5, 5.41) is 0.731. The average Bonchev–Trinajstić information content (AvgIpc) is 2.45. The quantitative estimate of drug-likeness (QED) is 0.629. The van der Waals surface area contributed by atoms with Gasteiger partial charge in [-0.2, -0.15) is 0 Å². The van der Waals surface area contributed by atoms with Crippen LogP contribution in [-0.4, -0.2) is 6.10 Å². The third kappa shape index (κ3) is 4.46. The summed E-state index contributed by atoms with van der Waals surface area (Å²) in [6.07, 6.45) is 0.867. The lowest BCUT2D eigenvalue weighted by Crippen LogP contribution is -2.30. The fourth-order valence-corrected chi connectivity index (χ4v) is 2.50. The van der Waals surface area contributed by atoms with Crippen LogP contribution in [-0.2, 0) is 6.42 Å². The van der Waals surface area contributed by atoms with Crippen LogP contribution in [0.5, 0.6) is 5.75 Å². The summed E-state index contributed by atoms with van der Waals surface area (Å²) in [6, 6.07) is 15.7. The Hall–Kier alpha value is -1.55. The number of benzene rings is 2. The maximum Gasteiger partial charge on any atom is 0.124 e. The fraction of sp³-hybridized carbons (Fsp3) is 0.294. The fourth-order valence-electron chi connectivity index (χ4n) is 2.29. The largest absolute Gasteiger partial charge is 0.491 e. The summed E-state index contributed by atoms with van der Waals surface area (Å²) in [5.41, 5.74) is 5.06. The van der Waals surface area contributed by atoms with Crippen LogP contribution < -0.4 is 16.0 Å². The first-order valence-corrected chi connectivity index (χ1v) is 7.44. The highest BCUT2D eigenvalue weighted by Gasteiger charge is 2.16. The van der Waals surface area contributed by atoms with Crippen LogP contribution in [0.3, 0.4) is 0 Å². The molecular formula is C17H21ClN2O. The van der Waals surface area contributed by atoms with Gasteiger partial charge in [0.05, 0.1) is 12.1 Å². The lowest BCUT2D eigenvalue weighted by atomic mass is 9.98. The average molecular weight is 305 g/mol. The molecule has 0 aliphatic rings. The lowest BCUT2D eigenvalue weighted by Gasteiger charge is -2.21. The van der Waals surface area contributed by atoms with Crippen LogP contribution in [0, 0.1) is 0 Å². The van der Waals surface area contributed by atoms with E-state index in [9.17, 15) is 0 Å². The molecule has 3 N–H and O–H groups in total.